The molecule has 1 aromatic rings. The van der Waals surface area contributed by atoms with Crippen molar-refractivity contribution in [2.75, 3.05) is 6.61 Å². The van der Waals surface area contributed by atoms with E-state index in [1.807, 2.05) is 24.3 Å². The van der Waals surface area contributed by atoms with E-state index in [0.717, 1.165) is 12.2 Å². The monoisotopic (exact) mass is 237 g/mol. The molecule has 0 amide bonds. The number of carboxylic acid groups (broad SMARTS) is 1. The molecule has 0 aliphatic rings. The number of aryl methyl sites for hydroxylation is 1. The fourth-order valence-electron chi connectivity index (χ4n) is 1.31. The highest BCUT2D eigenvalue weighted by atomic mass is 16.5. The van der Waals surface area contributed by atoms with E-state index in [2.05, 4.69) is 6.92 Å². The Bertz CT molecular complexity index is 371. The van der Waals surface area contributed by atoms with E-state index in [1.165, 1.54) is 12.5 Å². The molecular weight excluding hydrogens is 218 g/mol. The van der Waals surface area contributed by atoms with Crippen LogP contribution in [0.2, 0.25) is 0 Å². The highest BCUT2D eigenvalue weighted by molar-refractivity contribution is 5.77. The van der Waals surface area contributed by atoms with Gasteiger partial charge in [0.05, 0.1) is 6.61 Å². The van der Waals surface area contributed by atoms with Crippen molar-refractivity contribution in [2.24, 2.45) is 5.73 Å². The summed E-state index contributed by atoms with van der Waals surface area (Å²) in [6.07, 6.45) is 1.26. The molecule has 17 heavy (non-hydrogen) atoms. The van der Waals surface area contributed by atoms with Crippen LogP contribution in [0.25, 0.3) is 0 Å². The van der Waals surface area contributed by atoms with E-state index < -0.39 is 11.5 Å². The highest BCUT2D eigenvalue weighted by Gasteiger charge is 2.27. The molecule has 0 saturated heterocycles. The number of aliphatic carboxylic acids is 1. The Balaban J connectivity index is 2.43. The van der Waals surface area contributed by atoms with Crippen molar-refractivity contribution in [1.29, 1.82) is 0 Å². The lowest BCUT2D eigenvalue weighted by Gasteiger charge is -2.19. The Kier molecular flexibility index (Phi) is 4.52. The van der Waals surface area contributed by atoms with Gasteiger partial charge in [-0.3, -0.25) is 4.79 Å². The second kappa shape index (κ2) is 5.68. The van der Waals surface area contributed by atoms with Crippen LogP contribution in [-0.2, 0) is 11.2 Å². The number of nitrogens with two attached hydrogens (primary N) is 1. The van der Waals surface area contributed by atoms with Crippen LogP contribution in [0.3, 0.4) is 0 Å². The van der Waals surface area contributed by atoms with E-state index in [1.54, 1.807) is 0 Å². The number of benzene rings is 1. The molecule has 3 N–H and O–H groups in total. The van der Waals surface area contributed by atoms with Gasteiger partial charge in [0.15, 0.2) is 0 Å². The van der Waals surface area contributed by atoms with Crippen molar-refractivity contribution >= 4 is 5.97 Å². The number of hydrogen-bond acceptors (Lipinski definition) is 3. The fraction of sp³-hybridized carbons (Fsp3) is 0.462. The summed E-state index contributed by atoms with van der Waals surface area (Å²) < 4.78 is 5.45. The molecule has 0 aliphatic heterocycles. The topological polar surface area (TPSA) is 72.5 Å². The third kappa shape index (κ3) is 4.07. The summed E-state index contributed by atoms with van der Waals surface area (Å²) in [6, 6.07) is 7.75. The molecule has 1 rings (SSSR count). The highest BCUT2D eigenvalue weighted by Crippen LogP contribution is 2.14. The van der Waals surface area contributed by atoms with Crippen LogP contribution in [-0.4, -0.2) is 23.2 Å². The summed E-state index contributed by atoms with van der Waals surface area (Å²) in [5, 5.41) is 8.83. The minimum atomic E-state index is -1.23. The Morgan fingerprint density at radius 2 is 2.00 bits per heavy atom. The fourth-order valence-corrected chi connectivity index (χ4v) is 1.31. The first-order valence-corrected chi connectivity index (χ1v) is 5.69. The molecule has 94 valence electrons. The Labute approximate surface area is 101 Å². The Morgan fingerprint density at radius 3 is 2.47 bits per heavy atom. The van der Waals surface area contributed by atoms with E-state index in [0.29, 0.717) is 6.61 Å². The van der Waals surface area contributed by atoms with Crippen molar-refractivity contribution in [3.63, 3.8) is 0 Å². The van der Waals surface area contributed by atoms with Gasteiger partial charge < -0.3 is 15.6 Å². The molecule has 0 aromatic heterocycles. The molecule has 1 atom stereocenters. The molecule has 0 bridgehead atoms. The van der Waals surface area contributed by atoms with Crippen LogP contribution in [0.1, 0.15) is 25.8 Å². The normalized spacial score (nSPS) is 14.1. The van der Waals surface area contributed by atoms with Gasteiger partial charge in [0.2, 0.25) is 0 Å². The van der Waals surface area contributed by atoms with Gasteiger partial charge >= 0.3 is 5.97 Å². The third-order valence-corrected chi connectivity index (χ3v) is 2.71. The quantitative estimate of drug-likeness (QED) is 0.791. The maximum Gasteiger partial charge on any atom is 0.323 e. The molecule has 4 heteroatoms. The SMILES string of the molecule is CCc1ccc(OCCC(C)(N)C(=O)O)cc1. The zero-order valence-electron chi connectivity index (χ0n) is 10.3. The Morgan fingerprint density at radius 1 is 1.41 bits per heavy atom. The average molecular weight is 237 g/mol. The summed E-state index contributed by atoms with van der Waals surface area (Å²) in [7, 11) is 0. The van der Waals surface area contributed by atoms with Crippen LogP contribution >= 0.6 is 0 Å². The van der Waals surface area contributed by atoms with Crippen molar-refractivity contribution in [2.45, 2.75) is 32.2 Å². The van der Waals surface area contributed by atoms with Crippen molar-refractivity contribution in [1.82, 2.24) is 0 Å². The maximum atomic E-state index is 10.8. The lowest BCUT2D eigenvalue weighted by Crippen LogP contribution is -2.45. The van der Waals surface area contributed by atoms with Gasteiger partial charge in [0.25, 0.3) is 0 Å². The van der Waals surface area contributed by atoms with Gasteiger partial charge in [-0.15, -0.1) is 0 Å². The summed E-state index contributed by atoms with van der Waals surface area (Å²) >= 11 is 0. The molecule has 0 spiro atoms. The first-order chi connectivity index (χ1) is 7.95. The molecule has 4 nitrogen and oxygen atoms in total. The van der Waals surface area contributed by atoms with E-state index >= 15 is 0 Å². The summed E-state index contributed by atoms with van der Waals surface area (Å²) in [5.41, 5.74) is 5.60. The second-order valence-corrected chi connectivity index (χ2v) is 4.32. The van der Waals surface area contributed by atoms with Crippen molar-refractivity contribution in [3.05, 3.63) is 29.8 Å². The van der Waals surface area contributed by atoms with Gasteiger partial charge in [-0.1, -0.05) is 19.1 Å². The summed E-state index contributed by atoms with van der Waals surface area (Å²) in [4.78, 5) is 10.8. The maximum absolute atomic E-state index is 10.8. The predicted octanol–water partition coefficient (Wildman–Crippen LogP) is 1.82. The molecule has 0 heterocycles. The predicted molar refractivity (Wildman–Crippen MR) is 66.2 cm³/mol. The molecule has 0 aliphatic carbocycles. The van der Waals surface area contributed by atoms with Gasteiger partial charge in [0.1, 0.15) is 11.3 Å². The molecule has 0 saturated carbocycles. The lowest BCUT2D eigenvalue weighted by molar-refractivity contribution is -0.143. The average Bonchev–Trinajstić information content (AvgIpc) is 2.29. The molecular formula is C13H19NO3. The lowest BCUT2D eigenvalue weighted by atomic mass is 10.0. The van der Waals surface area contributed by atoms with Crippen molar-refractivity contribution < 1.29 is 14.6 Å². The number of ether oxygens (including phenoxy) is 1. The van der Waals surface area contributed by atoms with E-state index in [4.69, 9.17) is 15.6 Å². The third-order valence-electron chi connectivity index (χ3n) is 2.71. The van der Waals surface area contributed by atoms with E-state index in [9.17, 15) is 4.79 Å². The van der Waals surface area contributed by atoms with Gasteiger partial charge in [-0.05, 0) is 31.0 Å². The minimum Gasteiger partial charge on any atom is -0.494 e. The molecule has 0 fully saturated rings. The van der Waals surface area contributed by atoms with Crippen LogP contribution in [0.4, 0.5) is 0 Å². The van der Waals surface area contributed by atoms with Crippen LogP contribution in [0.5, 0.6) is 5.75 Å². The zero-order chi connectivity index (χ0) is 12.9. The van der Waals surface area contributed by atoms with Crippen LogP contribution in [0.15, 0.2) is 24.3 Å². The number of carbonyl (C=O) groups is 1. The van der Waals surface area contributed by atoms with Crippen LogP contribution < -0.4 is 10.5 Å². The smallest absolute Gasteiger partial charge is 0.323 e. The summed E-state index contributed by atoms with van der Waals surface area (Å²) in [5.74, 6) is -0.272. The van der Waals surface area contributed by atoms with Crippen LogP contribution in [0, 0.1) is 0 Å². The van der Waals surface area contributed by atoms with Gasteiger partial charge in [-0.25, -0.2) is 0 Å². The zero-order valence-corrected chi connectivity index (χ0v) is 10.3. The number of rotatable bonds is 6. The largest absolute Gasteiger partial charge is 0.494 e. The standard InChI is InChI=1S/C13H19NO3/c1-3-10-4-6-11(7-5-10)17-9-8-13(2,14)12(15)16/h4-7H,3,8-9,14H2,1-2H3,(H,15,16). The number of carboxylic acids is 1. The first-order valence-electron chi connectivity index (χ1n) is 5.69. The van der Waals surface area contributed by atoms with Gasteiger partial charge in [0, 0.05) is 6.42 Å². The second-order valence-electron chi connectivity index (χ2n) is 4.32. The Hall–Kier alpha value is -1.55. The molecule has 0 radical (unpaired) electrons. The van der Waals surface area contributed by atoms with E-state index in [-0.39, 0.29) is 6.42 Å². The molecule has 1 aromatic carbocycles. The minimum absolute atomic E-state index is 0.276. The first kappa shape index (κ1) is 13.5. The molecule has 1 unspecified atom stereocenters. The van der Waals surface area contributed by atoms with Gasteiger partial charge in [-0.2, -0.15) is 0 Å². The number of hydrogen-bond donors (Lipinski definition) is 2. The van der Waals surface area contributed by atoms with Crippen molar-refractivity contribution in [3.8, 4) is 5.75 Å². The summed E-state index contributed by atoms with van der Waals surface area (Å²) in [6.45, 7) is 3.87.